The summed E-state index contributed by atoms with van der Waals surface area (Å²) in [4.78, 5) is 0. The minimum Gasteiger partial charge on any atom is -0.396 e. The number of hydrogen-bond acceptors (Lipinski definition) is 2. The van der Waals surface area contributed by atoms with Crippen LogP contribution < -0.4 is 0 Å². The average Bonchev–Trinajstić information content (AvgIpc) is 2.46. The second kappa shape index (κ2) is 5.21. The Hall–Kier alpha value is -0.600. The van der Waals surface area contributed by atoms with E-state index in [2.05, 4.69) is 33.4 Å². The van der Waals surface area contributed by atoms with Gasteiger partial charge in [-0.25, -0.2) is 0 Å². The van der Waals surface area contributed by atoms with Crippen molar-refractivity contribution >= 4 is 0 Å². The third-order valence-corrected chi connectivity index (χ3v) is 7.26. The first-order valence-electron chi connectivity index (χ1n) is 8.92. The largest absolute Gasteiger partial charge is 0.396 e. The van der Waals surface area contributed by atoms with Gasteiger partial charge in [0.15, 0.2) is 0 Å². The Kier molecular flexibility index (Phi) is 3.85. The van der Waals surface area contributed by atoms with Crippen molar-refractivity contribution in [2.75, 3.05) is 6.61 Å². The molecular formula is C20H32O2. The number of fused-ring (bicyclic) bond motifs is 2. The van der Waals surface area contributed by atoms with Crippen LogP contribution in [0.3, 0.4) is 0 Å². The van der Waals surface area contributed by atoms with E-state index in [0.717, 1.165) is 38.5 Å². The third-order valence-electron chi connectivity index (χ3n) is 7.26. The van der Waals surface area contributed by atoms with Gasteiger partial charge in [0.2, 0.25) is 0 Å². The molecule has 0 aromatic carbocycles. The zero-order valence-electron chi connectivity index (χ0n) is 14.5. The lowest BCUT2D eigenvalue weighted by molar-refractivity contribution is -0.105. The van der Waals surface area contributed by atoms with Crippen molar-refractivity contribution in [3.05, 3.63) is 23.8 Å². The van der Waals surface area contributed by atoms with E-state index >= 15 is 0 Å². The van der Waals surface area contributed by atoms with E-state index < -0.39 is 0 Å². The fourth-order valence-electron chi connectivity index (χ4n) is 6.04. The molecule has 124 valence electrons. The fourth-order valence-corrected chi connectivity index (χ4v) is 6.04. The Morgan fingerprint density at radius 2 is 1.95 bits per heavy atom. The van der Waals surface area contributed by atoms with Gasteiger partial charge in [0, 0.05) is 12.5 Å². The second-order valence-corrected chi connectivity index (χ2v) is 8.95. The lowest BCUT2D eigenvalue weighted by Crippen LogP contribution is -2.55. The summed E-state index contributed by atoms with van der Waals surface area (Å²) >= 11 is 0. The van der Waals surface area contributed by atoms with Gasteiger partial charge >= 0.3 is 0 Å². The molecule has 0 heterocycles. The van der Waals surface area contributed by atoms with E-state index in [1.165, 1.54) is 12.0 Å². The fraction of sp³-hybridized carbons (Fsp3) is 0.800. The molecule has 22 heavy (non-hydrogen) atoms. The molecule has 0 amide bonds. The van der Waals surface area contributed by atoms with Crippen LogP contribution >= 0.6 is 0 Å². The van der Waals surface area contributed by atoms with Crippen molar-refractivity contribution in [2.45, 2.75) is 71.8 Å². The third kappa shape index (κ3) is 2.22. The highest BCUT2D eigenvalue weighted by Crippen LogP contribution is 2.62. The van der Waals surface area contributed by atoms with Gasteiger partial charge in [0.05, 0.1) is 6.10 Å². The van der Waals surface area contributed by atoms with Crippen molar-refractivity contribution in [2.24, 2.45) is 22.2 Å². The molecule has 2 N–H and O–H groups in total. The normalized spacial score (nSPS) is 48.6. The monoisotopic (exact) mass is 304 g/mol. The molecule has 2 unspecified atom stereocenters. The topological polar surface area (TPSA) is 40.5 Å². The summed E-state index contributed by atoms with van der Waals surface area (Å²) in [6.45, 7) is 11.1. The summed E-state index contributed by atoms with van der Waals surface area (Å²) < 4.78 is 0. The van der Waals surface area contributed by atoms with E-state index in [-0.39, 0.29) is 34.9 Å². The molecule has 2 heteroatoms. The van der Waals surface area contributed by atoms with E-state index in [9.17, 15) is 10.2 Å². The molecule has 5 atom stereocenters. The minimum absolute atomic E-state index is 0.0746. The number of aliphatic hydroxyl groups excluding tert-OH is 2. The lowest BCUT2D eigenvalue weighted by atomic mass is 9.47. The van der Waals surface area contributed by atoms with Crippen LogP contribution in [0.5, 0.6) is 0 Å². The molecule has 0 saturated heterocycles. The summed E-state index contributed by atoms with van der Waals surface area (Å²) in [5.41, 5.74) is 3.23. The predicted molar refractivity (Wildman–Crippen MR) is 90.4 cm³/mol. The molecule has 1 fully saturated rings. The zero-order valence-corrected chi connectivity index (χ0v) is 14.5. The van der Waals surface area contributed by atoms with Crippen LogP contribution in [0, 0.1) is 22.2 Å². The standard InChI is InChI=1S/C20H32O2/c1-5-18(2)10-7-15-14(12-18)11-16(22)17-19(3,13-21)8-6-9-20(15,17)4/h5,16-17,21-22H,1,6-13H2,2-4H3/t16?,17?,18-,19-,20+/m0/s1. The molecular weight excluding hydrogens is 272 g/mol. The van der Waals surface area contributed by atoms with Crippen molar-refractivity contribution < 1.29 is 10.2 Å². The van der Waals surface area contributed by atoms with Gasteiger partial charge in [-0.2, -0.15) is 0 Å². The summed E-state index contributed by atoms with van der Waals surface area (Å²) in [5, 5.41) is 20.9. The van der Waals surface area contributed by atoms with Gasteiger partial charge in [-0.3, -0.25) is 0 Å². The van der Waals surface area contributed by atoms with E-state index in [0.29, 0.717) is 0 Å². The van der Waals surface area contributed by atoms with Gasteiger partial charge in [0.1, 0.15) is 0 Å². The maximum absolute atomic E-state index is 10.9. The summed E-state index contributed by atoms with van der Waals surface area (Å²) in [6.07, 6.45) is 9.32. The molecule has 0 aliphatic heterocycles. The first-order chi connectivity index (χ1) is 10.3. The smallest absolute Gasteiger partial charge is 0.0619 e. The lowest BCUT2D eigenvalue weighted by Gasteiger charge is -2.59. The van der Waals surface area contributed by atoms with Gasteiger partial charge in [-0.15, -0.1) is 6.58 Å². The van der Waals surface area contributed by atoms with Gasteiger partial charge < -0.3 is 10.2 Å². The zero-order chi connectivity index (χ0) is 16.2. The first-order valence-corrected chi connectivity index (χ1v) is 8.92. The van der Waals surface area contributed by atoms with E-state index in [1.807, 2.05) is 0 Å². The van der Waals surface area contributed by atoms with E-state index in [1.54, 1.807) is 5.57 Å². The van der Waals surface area contributed by atoms with E-state index in [4.69, 9.17) is 0 Å². The van der Waals surface area contributed by atoms with Crippen LogP contribution in [0.25, 0.3) is 0 Å². The highest BCUT2D eigenvalue weighted by molar-refractivity contribution is 5.34. The molecule has 0 radical (unpaired) electrons. The molecule has 3 aliphatic carbocycles. The SMILES string of the molecule is C=C[C@@]1(C)CCC2=C(CC(O)C3[C@](C)(CO)CCC[C@]23C)C1. The van der Waals surface area contributed by atoms with Crippen LogP contribution in [0.1, 0.15) is 65.7 Å². The number of hydrogen-bond donors (Lipinski definition) is 2. The van der Waals surface area contributed by atoms with Crippen LogP contribution in [0.15, 0.2) is 23.8 Å². The first kappa shape index (κ1) is 16.3. The van der Waals surface area contributed by atoms with Crippen molar-refractivity contribution in [1.82, 2.24) is 0 Å². The van der Waals surface area contributed by atoms with Crippen molar-refractivity contribution in [3.63, 3.8) is 0 Å². The molecule has 1 saturated carbocycles. The van der Waals surface area contributed by atoms with Crippen molar-refractivity contribution in [1.29, 1.82) is 0 Å². The number of aliphatic hydroxyl groups is 2. The summed E-state index contributed by atoms with van der Waals surface area (Å²) in [7, 11) is 0. The Balaban J connectivity index is 2.04. The summed E-state index contributed by atoms with van der Waals surface area (Å²) in [5.74, 6) is 0.200. The molecule has 0 aromatic heterocycles. The summed E-state index contributed by atoms with van der Waals surface area (Å²) in [6, 6.07) is 0. The second-order valence-electron chi connectivity index (χ2n) is 8.95. The Morgan fingerprint density at radius 1 is 1.23 bits per heavy atom. The van der Waals surface area contributed by atoms with Crippen LogP contribution in [0.2, 0.25) is 0 Å². The highest BCUT2D eigenvalue weighted by atomic mass is 16.3. The Morgan fingerprint density at radius 3 is 2.59 bits per heavy atom. The Bertz CT molecular complexity index is 508. The predicted octanol–water partition coefficient (Wildman–Crippen LogP) is 4.23. The molecule has 0 spiro atoms. The average molecular weight is 304 g/mol. The number of allylic oxidation sites excluding steroid dienone is 2. The maximum atomic E-state index is 10.9. The maximum Gasteiger partial charge on any atom is 0.0619 e. The van der Waals surface area contributed by atoms with Crippen molar-refractivity contribution in [3.8, 4) is 0 Å². The number of rotatable bonds is 2. The minimum atomic E-state index is -0.312. The molecule has 0 bridgehead atoms. The van der Waals surface area contributed by atoms with Gasteiger partial charge in [0.25, 0.3) is 0 Å². The quantitative estimate of drug-likeness (QED) is 0.750. The van der Waals surface area contributed by atoms with Crippen LogP contribution in [-0.4, -0.2) is 22.9 Å². The van der Waals surface area contributed by atoms with Gasteiger partial charge in [-0.1, -0.05) is 44.4 Å². The molecule has 3 aliphatic rings. The Labute approximate surface area is 135 Å². The van der Waals surface area contributed by atoms with Crippen LogP contribution in [-0.2, 0) is 0 Å². The van der Waals surface area contributed by atoms with Gasteiger partial charge in [-0.05, 0) is 54.8 Å². The van der Waals surface area contributed by atoms with Crippen LogP contribution in [0.4, 0.5) is 0 Å². The molecule has 3 rings (SSSR count). The highest BCUT2D eigenvalue weighted by Gasteiger charge is 2.56. The molecule has 2 nitrogen and oxygen atoms in total. The molecule has 0 aromatic rings.